The maximum atomic E-state index is 10.5. The van der Waals surface area contributed by atoms with Crippen molar-refractivity contribution in [2.24, 2.45) is 11.3 Å². The molecule has 1 aliphatic rings. The Morgan fingerprint density at radius 1 is 1.62 bits per heavy atom. The second-order valence-electron chi connectivity index (χ2n) is 5.50. The Kier molecular flexibility index (Phi) is 3.06. The van der Waals surface area contributed by atoms with E-state index in [1.807, 2.05) is 10.7 Å². The smallest absolute Gasteiger partial charge is 0.0989 e. The fraction of sp³-hybridized carbons (Fsp3) is 0.769. The minimum Gasteiger partial charge on any atom is -0.387 e. The Bertz CT molecular complexity index is 357. The SMILES string of the molecule is CCn1nccc1C(O)C1CCCC1(C)C. The molecule has 1 saturated carbocycles. The van der Waals surface area contributed by atoms with Crippen LogP contribution in [0.3, 0.4) is 0 Å². The molecular formula is C13H22N2O. The van der Waals surface area contributed by atoms with E-state index in [9.17, 15) is 5.11 Å². The van der Waals surface area contributed by atoms with E-state index in [2.05, 4.69) is 25.9 Å². The number of aliphatic hydroxyl groups excluding tert-OH is 1. The second-order valence-corrected chi connectivity index (χ2v) is 5.50. The van der Waals surface area contributed by atoms with Crippen molar-refractivity contribution in [3.05, 3.63) is 18.0 Å². The van der Waals surface area contributed by atoms with Crippen LogP contribution in [0.1, 0.15) is 51.8 Å². The number of rotatable bonds is 3. The van der Waals surface area contributed by atoms with Gasteiger partial charge in [0.25, 0.3) is 0 Å². The van der Waals surface area contributed by atoms with E-state index in [1.165, 1.54) is 12.8 Å². The third-order valence-corrected chi connectivity index (χ3v) is 4.07. The molecular weight excluding hydrogens is 200 g/mol. The molecule has 0 amide bonds. The van der Waals surface area contributed by atoms with Crippen molar-refractivity contribution in [3.8, 4) is 0 Å². The lowest BCUT2D eigenvalue weighted by Gasteiger charge is -2.31. The van der Waals surface area contributed by atoms with Crippen LogP contribution in [-0.2, 0) is 6.54 Å². The third kappa shape index (κ3) is 1.88. The standard InChI is InChI=1S/C13H22N2O/c1-4-15-11(7-9-14-15)12(16)10-6-5-8-13(10,2)3/h7,9-10,12,16H,4-6,8H2,1-3H3. The molecule has 90 valence electrons. The third-order valence-electron chi connectivity index (χ3n) is 4.07. The summed E-state index contributed by atoms with van der Waals surface area (Å²) in [6, 6.07) is 1.95. The van der Waals surface area contributed by atoms with Crippen LogP contribution < -0.4 is 0 Å². The first-order valence-corrected chi connectivity index (χ1v) is 6.26. The molecule has 1 aromatic rings. The van der Waals surface area contributed by atoms with Crippen molar-refractivity contribution >= 4 is 0 Å². The molecule has 1 aliphatic carbocycles. The summed E-state index contributed by atoms with van der Waals surface area (Å²) in [5.74, 6) is 0.370. The first kappa shape index (κ1) is 11.6. The van der Waals surface area contributed by atoms with E-state index in [4.69, 9.17) is 0 Å². The van der Waals surface area contributed by atoms with Crippen molar-refractivity contribution in [1.29, 1.82) is 0 Å². The van der Waals surface area contributed by atoms with Gasteiger partial charge in [0.2, 0.25) is 0 Å². The lowest BCUT2D eigenvalue weighted by Crippen LogP contribution is -2.25. The quantitative estimate of drug-likeness (QED) is 0.854. The van der Waals surface area contributed by atoms with Gasteiger partial charge in [-0.25, -0.2) is 0 Å². The van der Waals surface area contributed by atoms with Crippen LogP contribution in [0.25, 0.3) is 0 Å². The molecule has 3 heteroatoms. The molecule has 0 aliphatic heterocycles. The van der Waals surface area contributed by atoms with Gasteiger partial charge >= 0.3 is 0 Å². The largest absolute Gasteiger partial charge is 0.387 e. The van der Waals surface area contributed by atoms with Gasteiger partial charge in [-0.2, -0.15) is 5.10 Å². The Morgan fingerprint density at radius 2 is 2.38 bits per heavy atom. The van der Waals surface area contributed by atoms with Crippen molar-refractivity contribution < 1.29 is 5.11 Å². The molecule has 0 saturated heterocycles. The van der Waals surface area contributed by atoms with Crippen molar-refractivity contribution in [2.75, 3.05) is 0 Å². The molecule has 1 fully saturated rings. The first-order chi connectivity index (χ1) is 7.56. The average molecular weight is 222 g/mol. The Morgan fingerprint density at radius 3 is 2.94 bits per heavy atom. The topological polar surface area (TPSA) is 38.0 Å². The van der Waals surface area contributed by atoms with Crippen LogP contribution in [0.15, 0.2) is 12.3 Å². The number of hydrogen-bond acceptors (Lipinski definition) is 2. The van der Waals surface area contributed by atoms with E-state index >= 15 is 0 Å². The van der Waals surface area contributed by atoms with E-state index < -0.39 is 0 Å². The molecule has 1 heterocycles. The van der Waals surface area contributed by atoms with Crippen molar-refractivity contribution in [2.45, 2.75) is 52.7 Å². The normalized spacial score (nSPS) is 25.9. The van der Waals surface area contributed by atoms with Crippen LogP contribution in [-0.4, -0.2) is 14.9 Å². The van der Waals surface area contributed by atoms with Gasteiger partial charge in [-0.3, -0.25) is 4.68 Å². The maximum Gasteiger partial charge on any atom is 0.0989 e. The van der Waals surface area contributed by atoms with E-state index in [1.54, 1.807) is 6.20 Å². The summed E-state index contributed by atoms with van der Waals surface area (Å²) < 4.78 is 1.90. The number of hydrogen-bond donors (Lipinski definition) is 1. The molecule has 16 heavy (non-hydrogen) atoms. The summed E-state index contributed by atoms with van der Waals surface area (Å²) >= 11 is 0. The highest BCUT2D eigenvalue weighted by atomic mass is 16.3. The van der Waals surface area contributed by atoms with Gasteiger partial charge in [0, 0.05) is 12.7 Å². The Hall–Kier alpha value is -0.830. The van der Waals surface area contributed by atoms with Crippen LogP contribution in [0.2, 0.25) is 0 Å². The molecule has 2 atom stereocenters. The summed E-state index contributed by atoms with van der Waals surface area (Å²) in [4.78, 5) is 0. The molecule has 0 spiro atoms. The minimum absolute atomic E-state index is 0.252. The monoisotopic (exact) mass is 222 g/mol. The van der Waals surface area contributed by atoms with Gasteiger partial charge in [-0.05, 0) is 37.2 Å². The highest BCUT2D eigenvalue weighted by Gasteiger charge is 2.40. The Labute approximate surface area is 97.5 Å². The van der Waals surface area contributed by atoms with Gasteiger partial charge in [0.15, 0.2) is 0 Å². The van der Waals surface area contributed by atoms with Crippen molar-refractivity contribution in [1.82, 2.24) is 9.78 Å². The molecule has 2 unspecified atom stereocenters. The average Bonchev–Trinajstić information content (AvgIpc) is 2.82. The van der Waals surface area contributed by atoms with Crippen LogP contribution in [0.4, 0.5) is 0 Å². The zero-order valence-electron chi connectivity index (χ0n) is 10.5. The number of aryl methyl sites for hydroxylation is 1. The predicted octanol–water partition coefficient (Wildman–Crippen LogP) is 2.76. The van der Waals surface area contributed by atoms with Gasteiger partial charge in [0.1, 0.15) is 0 Å². The lowest BCUT2D eigenvalue weighted by molar-refractivity contribution is 0.0464. The fourth-order valence-electron chi connectivity index (χ4n) is 3.00. The van der Waals surface area contributed by atoms with Gasteiger partial charge < -0.3 is 5.11 Å². The summed E-state index contributed by atoms with van der Waals surface area (Å²) in [5, 5.41) is 14.7. The number of nitrogens with zero attached hydrogens (tertiary/aromatic N) is 2. The summed E-state index contributed by atoms with van der Waals surface area (Å²) in [6.45, 7) is 7.41. The predicted molar refractivity (Wildman–Crippen MR) is 64.0 cm³/mol. The highest BCUT2D eigenvalue weighted by molar-refractivity contribution is 5.08. The zero-order valence-corrected chi connectivity index (χ0v) is 10.5. The van der Waals surface area contributed by atoms with Crippen LogP contribution in [0, 0.1) is 11.3 Å². The molecule has 1 N–H and O–H groups in total. The van der Waals surface area contributed by atoms with Gasteiger partial charge in [-0.15, -0.1) is 0 Å². The fourth-order valence-corrected chi connectivity index (χ4v) is 3.00. The first-order valence-electron chi connectivity index (χ1n) is 6.26. The van der Waals surface area contributed by atoms with Gasteiger partial charge in [0.05, 0.1) is 11.8 Å². The highest BCUT2D eigenvalue weighted by Crippen LogP contribution is 2.48. The van der Waals surface area contributed by atoms with Crippen LogP contribution >= 0.6 is 0 Å². The molecule has 0 radical (unpaired) electrons. The molecule has 0 bridgehead atoms. The summed E-state index contributed by atoms with van der Waals surface area (Å²) in [6.07, 6.45) is 5.00. The number of aromatic nitrogens is 2. The number of aliphatic hydroxyl groups is 1. The Balaban J connectivity index is 2.22. The zero-order chi connectivity index (χ0) is 11.8. The second kappa shape index (κ2) is 4.21. The van der Waals surface area contributed by atoms with E-state index in [-0.39, 0.29) is 11.5 Å². The minimum atomic E-state index is -0.361. The molecule has 2 rings (SSSR count). The molecule has 0 aromatic carbocycles. The van der Waals surface area contributed by atoms with E-state index in [0.29, 0.717) is 5.92 Å². The summed E-state index contributed by atoms with van der Waals surface area (Å²) in [5.41, 5.74) is 1.23. The lowest BCUT2D eigenvalue weighted by atomic mass is 9.78. The molecule has 3 nitrogen and oxygen atoms in total. The van der Waals surface area contributed by atoms with E-state index in [0.717, 1.165) is 18.7 Å². The van der Waals surface area contributed by atoms with Crippen molar-refractivity contribution in [3.63, 3.8) is 0 Å². The van der Waals surface area contributed by atoms with Gasteiger partial charge in [-0.1, -0.05) is 20.3 Å². The van der Waals surface area contributed by atoms with Crippen LogP contribution in [0.5, 0.6) is 0 Å². The maximum absolute atomic E-state index is 10.5. The molecule has 1 aromatic heterocycles. The summed E-state index contributed by atoms with van der Waals surface area (Å²) in [7, 11) is 0.